The summed E-state index contributed by atoms with van der Waals surface area (Å²) in [5, 5.41) is 4.93. The average molecular weight is 767 g/mol. The lowest BCUT2D eigenvalue weighted by molar-refractivity contribution is -0.113. The summed E-state index contributed by atoms with van der Waals surface area (Å²) in [6.07, 6.45) is 1.96. The molecule has 0 radical (unpaired) electrons. The highest BCUT2D eigenvalue weighted by Crippen LogP contribution is 2.33. The number of allylic oxidation sites excluding steroid dienone is 1. The summed E-state index contributed by atoms with van der Waals surface area (Å²) in [4.78, 5) is 33.6. The van der Waals surface area contributed by atoms with Gasteiger partial charge in [-0.3, -0.25) is 14.2 Å². The third kappa shape index (κ3) is 5.54. The number of anilines is 1. The molecule has 10 heteroatoms. The van der Waals surface area contributed by atoms with Gasteiger partial charge in [-0.25, -0.2) is 4.99 Å². The van der Waals surface area contributed by atoms with E-state index in [1.165, 1.54) is 22.7 Å². The van der Waals surface area contributed by atoms with E-state index in [1.54, 1.807) is 4.57 Å². The van der Waals surface area contributed by atoms with Gasteiger partial charge in [0.1, 0.15) is 11.8 Å². The molecule has 0 saturated carbocycles. The van der Waals surface area contributed by atoms with Crippen LogP contribution < -0.4 is 24.9 Å². The first kappa shape index (κ1) is 27.3. The summed E-state index contributed by atoms with van der Waals surface area (Å²) >= 11 is 7.39. The molecule has 3 heterocycles. The first-order chi connectivity index (χ1) is 18.2. The molecule has 1 N–H and O–H groups in total. The highest BCUT2D eigenvalue weighted by Gasteiger charge is 2.33. The van der Waals surface area contributed by atoms with Crippen molar-refractivity contribution in [2.75, 3.05) is 5.32 Å². The Hall–Kier alpha value is -2.29. The SMILES string of the molecule is CC1=C(C(=O)Nc2ccccc2)[C@@H](c2cccs2)n2c(sc(=Cc3cc(I)c(OC(C)C)c(I)c3)c2=O)=N1. The van der Waals surface area contributed by atoms with E-state index in [-0.39, 0.29) is 17.6 Å². The fourth-order valence-corrected chi connectivity index (χ4v) is 8.15. The summed E-state index contributed by atoms with van der Waals surface area (Å²) in [7, 11) is 0. The van der Waals surface area contributed by atoms with Crippen molar-refractivity contribution >= 4 is 85.5 Å². The number of fused-ring (bicyclic) bond motifs is 1. The predicted octanol–water partition coefficient (Wildman–Crippen LogP) is 5.93. The van der Waals surface area contributed by atoms with E-state index in [0.717, 1.165) is 23.3 Å². The number of carbonyl (C=O) groups is 1. The molecular weight excluding hydrogens is 744 g/mol. The summed E-state index contributed by atoms with van der Waals surface area (Å²) in [5.74, 6) is 0.581. The maximum absolute atomic E-state index is 13.8. The number of nitrogens with one attached hydrogen (secondary N) is 1. The maximum atomic E-state index is 13.8. The summed E-state index contributed by atoms with van der Waals surface area (Å²) in [6.45, 7) is 5.83. The molecule has 0 saturated heterocycles. The topological polar surface area (TPSA) is 72.7 Å². The number of thiophene rings is 1. The van der Waals surface area contributed by atoms with Crippen molar-refractivity contribution in [2.24, 2.45) is 4.99 Å². The van der Waals surface area contributed by atoms with Crippen molar-refractivity contribution < 1.29 is 9.53 Å². The maximum Gasteiger partial charge on any atom is 0.271 e. The number of benzene rings is 2. The van der Waals surface area contributed by atoms with Crippen LogP contribution in [0.4, 0.5) is 5.69 Å². The van der Waals surface area contributed by atoms with Gasteiger partial charge in [0.05, 0.1) is 29.0 Å². The van der Waals surface area contributed by atoms with Crippen LogP contribution in [-0.4, -0.2) is 16.6 Å². The molecule has 5 rings (SSSR count). The molecule has 0 aliphatic carbocycles. The quantitative estimate of drug-likeness (QED) is 0.248. The number of ether oxygens (including phenoxy) is 1. The molecule has 1 aliphatic rings. The third-order valence-electron chi connectivity index (χ3n) is 5.78. The van der Waals surface area contributed by atoms with E-state index in [0.29, 0.717) is 26.3 Å². The molecule has 2 aromatic heterocycles. The minimum atomic E-state index is -0.556. The Morgan fingerprint density at radius 1 is 1.13 bits per heavy atom. The van der Waals surface area contributed by atoms with Crippen LogP contribution in [0.15, 0.2) is 81.0 Å². The number of rotatable bonds is 6. The minimum Gasteiger partial charge on any atom is -0.489 e. The zero-order valence-corrected chi connectivity index (χ0v) is 26.6. The van der Waals surface area contributed by atoms with Gasteiger partial charge in [0.15, 0.2) is 4.80 Å². The van der Waals surface area contributed by atoms with Crippen LogP contribution in [0.3, 0.4) is 0 Å². The zero-order valence-electron chi connectivity index (χ0n) is 20.7. The Balaban J connectivity index is 1.61. The Kier molecular flexibility index (Phi) is 8.22. The standard InChI is InChI=1S/C28H23I2N3O3S2/c1-15(2)36-25-19(29)12-17(13-20(25)30)14-22-27(35)33-24(21-10-7-11-37-21)23(16(3)31-28(33)38-22)26(34)32-18-8-5-4-6-9-18/h4-15,24H,1-3H3,(H,32,34)/t24-/m1/s1. The first-order valence-electron chi connectivity index (χ1n) is 11.8. The van der Waals surface area contributed by atoms with Gasteiger partial charge in [-0.05, 0) is 113 Å². The Labute approximate surface area is 255 Å². The minimum absolute atomic E-state index is 0.0698. The van der Waals surface area contributed by atoms with Gasteiger partial charge in [-0.2, -0.15) is 0 Å². The second-order valence-electron chi connectivity index (χ2n) is 8.90. The van der Waals surface area contributed by atoms with Gasteiger partial charge in [0, 0.05) is 10.6 Å². The lowest BCUT2D eigenvalue weighted by atomic mass is 10.0. The van der Waals surface area contributed by atoms with E-state index in [9.17, 15) is 9.59 Å². The highest BCUT2D eigenvalue weighted by molar-refractivity contribution is 14.1. The lowest BCUT2D eigenvalue weighted by Crippen LogP contribution is -2.40. The van der Waals surface area contributed by atoms with Crippen molar-refractivity contribution in [3.8, 4) is 5.75 Å². The average Bonchev–Trinajstić information content (AvgIpc) is 3.50. The number of para-hydroxylation sites is 1. The molecule has 0 fully saturated rings. The van der Waals surface area contributed by atoms with Crippen LogP contribution in [0, 0.1) is 7.14 Å². The fourth-order valence-electron chi connectivity index (χ4n) is 4.21. The summed E-state index contributed by atoms with van der Waals surface area (Å²) in [6, 6.07) is 16.7. The van der Waals surface area contributed by atoms with E-state index in [2.05, 4.69) is 50.5 Å². The number of carbonyl (C=O) groups excluding carboxylic acids is 1. The van der Waals surface area contributed by atoms with Gasteiger partial charge in [-0.1, -0.05) is 35.6 Å². The van der Waals surface area contributed by atoms with Crippen LogP contribution in [-0.2, 0) is 4.79 Å². The zero-order chi connectivity index (χ0) is 27.0. The molecule has 6 nitrogen and oxygen atoms in total. The van der Waals surface area contributed by atoms with Gasteiger partial charge in [0.2, 0.25) is 0 Å². The van der Waals surface area contributed by atoms with Crippen molar-refractivity contribution in [3.63, 3.8) is 0 Å². The Bertz CT molecular complexity index is 1700. The number of hydrogen-bond acceptors (Lipinski definition) is 6. The Morgan fingerprint density at radius 3 is 2.47 bits per heavy atom. The Morgan fingerprint density at radius 2 is 1.84 bits per heavy atom. The molecule has 0 unspecified atom stereocenters. The van der Waals surface area contributed by atoms with Crippen molar-refractivity contribution in [2.45, 2.75) is 32.9 Å². The largest absolute Gasteiger partial charge is 0.489 e. The number of amides is 1. The lowest BCUT2D eigenvalue weighted by Gasteiger charge is -2.24. The molecule has 0 bridgehead atoms. The van der Waals surface area contributed by atoms with Crippen molar-refractivity contribution in [3.05, 3.63) is 109 Å². The molecule has 0 spiro atoms. The van der Waals surface area contributed by atoms with Gasteiger partial charge in [0.25, 0.3) is 11.5 Å². The normalized spacial score (nSPS) is 15.4. The van der Waals surface area contributed by atoms with Gasteiger partial charge < -0.3 is 10.1 Å². The van der Waals surface area contributed by atoms with Crippen molar-refractivity contribution in [1.82, 2.24) is 4.57 Å². The van der Waals surface area contributed by atoms with E-state index in [4.69, 9.17) is 9.73 Å². The van der Waals surface area contributed by atoms with Crippen LogP contribution in [0.1, 0.15) is 37.3 Å². The fraction of sp³-hybridized carbons (Fsp3) is 0.179. The predicted molar refractivity (Wildman–Crippen MR) is 171 cm³/mol. The van der Waals surface area contributed by atoms with Crippen LogP contribution in [0.5, 0.6) is 5.75 Å². The van der Waals surface area contributed by atoms with Gasteiger partial charge >= 0.3 is 0 Å². The number of hydrogen-bond donors (Lipinski definition) is 1. The third-order valence-corrected chi connectivity index (χ3v) is 9.29. The first-order valence-corrected chi connectivity index (χ1v) is 15.7. The van der Waals surface area contributed by atoms with E-state index < -0.39 is 6.04 Å². The van der Waals surface area contributed by atoms with Crippen molar-refractivity contribution in [1.29, 1.82) is 0 Å². The van der Waals surface area contributed by atoms with Crippen LogP contribution in [0.2, 0.25) is 0 Å². The summed E-state index contributed by atoms with van der Waals surface area (Å²) in [5.41, 5.74) is 2.50. The van der Waals surface area contributed by atoms with E-state index >= 15 is 0 Å². The number of aromatic nitrogens is 1. The molecule has 1 amide bonds. The van der Waals surface area contributed by atoms with Gasteiger partial charge in [-0.15, -0.1) is 11.3 Å². The highest BCUT2D eigenvalue weighted by atomic mass is 127. The molecule has 38 heavy (non-hydrogen) atoms. The smallest absolute Gasteiger partial charge is 0.271 e. The van der Waals surface area contributed by atoms with Crippen LogP contribution >= 0.6 is 67.9 Å². The number of thiazole rings is 1. The second-order valence-corrected chi connectivity index (χ2v) is 13.2. The molecule has 194 valence electrons. The number of halogens is 2. The number of nitrogens with zero attached hydrogens (tertiary/aromatic N) is 2. The molecule has 1 atom stereocenters. The monoisotopic (exact) mass is 767 g/mol. The van der Waals surface area contributed by atoms with Crippen LogP contribution in [0.25, 0.3) is 6.08 Å². The molecular formula is C28H23I2N3O3S2. The summed E-state index contributed by atoms with van der Waals surface area (Å²) < 4.78 is 10.1. The molecule has 2 aromatic carbocycles. The molecule has 4 aromatic rings. The second kappa shape index (κ2) is 11.4. The molecule has 1 aliphatic heterocycles. The van der Waals surface area contributed by atoms with E-state index in [1.807, 2.05) is 86.8 Å².